The number of morpholine rings is 1. The van der Waals surface area contributed by atoms with Crippen LogP contribution in [0.15, 0.2) is 0 Å². The first-order valence-corrected chi connectivity index (χ1v) is 6.05. The fourth-order valence-corrected chi connectivity index (χ4v) is 2.52. The molecule has 1 aliphatic rings. The fraction of sp³-hybridized carbons (Fsp3) is 1.00. The van der Waals surface area contributed by atoms with Crippen LogP contribution in [0.2, 0.25) is 0 Å². The van der Waals surface area contributed by atoms with Crippen LogP contribution in [0.3, 0.4) is 0 Å². The molecule has 1 aliphatic heterocycles. The first-order valence-electron chi connectivity index (χ1n) is 6.05. The Hall–Kier alpha value is -0.120. The van der Waals surface area contributed by atoms with Gasteiger partial charge in [-0.15, -0.1) is 0 Å². The Kier molecular flexibility index (Phi) is 4.56. The van der Waals surface area contributed by atoms with Gasteiger partial charge in [0.15, 0.2) is 0 Å². The van der Waals surface area contributed by atoms with Gasteiger partial charge < -0.3 is 9.84 Å². The maximum Gasteiger partial charge on any atom is 0.0940 e. The lowest BCUT2D eigenvalue weighted by Gasteiger charge is -2.45. The van der Waals surface area contributed by atoms with E-state index >= 15 is 0 Å². The van der Waals surface area contributed by atoms with E-state index in [1.807, 2.05) is 0 Å². The van der Waals surface area contributed by atoms with E-state index in [2.05, 4.69) is 32.6 Å². The van der Waals surface area contributed by atoms with Crippen LogP contribution in [0.4, 0.5) is 0 Å². The van der Waals surface area contributed by atoms with Crippen LogP contribution < -0.4 is 0 Å². The van der Waals surface area contributed by atoms with E-state index in [-0.39, 0.29) is 18.3 Å². The Morgan fingerprint density at radius 1 is 1.40 bits per heavy atom. The molecular weight excluding hydrogens is 190 g/mol. The topological polar surface area (TPSA) is 32.7 Å². The average Bonchev–Trinajstić information content (AvgIpc) is 2.17. The summed E-state index contributed by atoms with van der Waals surface area (Å²) in [6.07, 6.45) is 2.32. The van der Waals surface area contributed by atoms with Crippen molar-refractivity contribution in [3.05, 3.63) is 0 Å². The van der Waals surface area contributed by atoms with Crippen molar-refractivity contribution in [3.8, 4) is 0 Å². The monoisotopic (exact) mass is 215 g/mol. The summed E-state index contributed by atoms with van der Waals surface area (Å²) in [7, 11) is 0. The smallest absolute Gasteiger partial charge is 0.0940 e. The summed E-state index contributed by atoms with van der Waals surface area (Å²) in [6.45, 7) is 10.6. The first kappa shape index (κ1) is 12.9. The van der Waals surface area contributed by atoms with Crippen LogP contribution in [0, 0.1) is 0 Å². The Labute approximate surface area is 93.4 Å². The zero-order valence-corrected chi connectivity index (χ0v) is 10.5. The molecule has 1 atom stereocenters. The molecule has 1 rings (SSSR count). The molecule has 3 heteroatoms. The second-order valence-electron chi connectivity index (χ2n) is 5.08. The van der Waals surface area contributed by atoms with E-state index in [1.165, 1.54) is 12.8 Å². The third-order valence-corrected chi connectivity index (χ3v) is 3.17. The standard InChI is InChI=1S/C12H25NO2/c1-5-10(6-2)13-7-11(8-14)15-12(3,4)9-13/h10-11,14H,5-9H2,1-4H3. The van der Waals surface area contributed by atoms with Gasteiger partial charge in [0.05, 0.1) is 18.3 Å². The zero-order valence-electron chi connectivity index (χ0n) is 10.5. The van der Waals surface area contributed by atoms with Crippen molar-refractivity contribution in [2.45, 2.75) is 58.3 Å². The lowest BCUT2D eigenvalue weighted by Crippen LogP contribution is -2.56. The normalized spacial score (nSPS) is 27.2. The number of aliphatic hydroxyl groups excluding tert-OH is 1. The molecule has 0 radical (unpaired) electrons. The molecule has 0 amide bonds. The zero-order chi connectivity index (χ0) is 11.5. The predicted octanol–water partition coefficient (Wildman–Crippen LogP) is 1.65. The Balaban J connectivity index is 2.64. The molecule has 0 spiro atoms. The lowest BCUT2D eigenvalue weighted by molar-refractivity contribution is -0.157. The second kappa shape index (κ2) is 5.28. The van der Waals surface area contributed by atoms with Gasteiger partial charge in [0.2, 0.25) is 0 Å². The summed E-state index contributed by atoms with van der Waals surface area (Å²) in [6, 6.07) is 0.627. The highest BCUT2D eigenvalue weighted by molar-refractivity contribution is 4.86. The van der Waals surface area contributed by atoms with Crippen LogP contribution in [-0.2, 0) is 4.74 Å². The van der Waals surface area contributed by atoms with Crippen molar-refractivity contribution in [2.24, 2.45) is 0 Å². The van der Waals surface area contributed by atoms with Gasteiger partial charge in [-0.2, -0.15) is 0 Å². The number of rotatable bonds is 4. The van der Waals surface area contributed by atoms with Crippen molar-refractivity contribution in [2.75, 3.05) is 19.7 Å². The second-order valence-corrected chi connectivity index (χ2v) is 5.08. The summed E-state index contributed by atoms with van der Waals surface area (Å²) >= 11 is 0. The molecule has 0 aromatic rings. The Morgan fingerprint density at radius 3 is 2.47 bits per heavy atom. The summed E-state index contributed by atoms with van der Waals surface area (Å²) in [5.41, 5.74) is -0.131. The van der Waals surface area contributed by atoms with Crippen LogP contribution in [0.1, 0.15) is 40.5 Å². The molecule has 15 heavy (non-hydrogen) atoms. The highest BCUT2D eigenvalue weighted by Crippen LogP contribution is 2.24. The number of aliphatic hydroxyl groups is 1. The summed E-state index contributed by atoms with van der Waals surface area (Å²) in [4.78, 5) is 2.46. The molecular formula is C12H25NO2. The molecule has 0 aromatic heterocycles. The molecule has 0 saturated carbocycles. The van der Waals surface area contributed by atoms with E-state index in [4.69, 9.17) is 4.74 Å². The largest absolute Gasteiger partial charge is 0.394 e. The minimum Gasteiger partial charge on any atom is -0.394 e. The lowest BCUT2D eigenvalue weighted by atomic mass is 10.0. The molecule has 1 unspecified atom stereocenters. The molecule has 90 valence electrons. The van der Waals surface area contributed by atoms with Gasteiger partial charge in [-0.3, -0.25) is 4.90 Å². The third-order valence-electron chi connectivity index (χ3n) is 3.17. The maximum absolute atomic E-state index is 9.22. The summed E-state index contributed by atoms with van der Waals surface area (Å²) in [5.74, 6) is 0. The quantitative estimate of drug-likeness (QED) is 0.774. The van der Waals surface area contributed by atoms with Crippen LogP contribution in [0.25, 0.3) is 0 Å². The minimum absolute atomic E-state index is 0.0191. The van der Waals surface area contributed by atoms with Crippen molar-refractivity contribution >= 4 is 0 Å². The Morgan fingerprint density at radius 2 is 2.00 bits per heavy atom. The molecule has 0 aliphatic carbocycles. The highest BCUT2D eigenvalue weighted by atomic mass is 16.5. The van der Waals surface area contributed by atoms with Crippen molar-refractivity contribution in [1.29, 1.82) is 0 Å². The predicted molar refractivity (Wildman–Crippen MR) is 62.0 cm³/mol. The van der Waals surface area contributed by atoms with Gasteiger partial charge in [0.25, 0.3) is 0 Å². The maximum atomic E-state index is 9.22. The molecule has 0 aromatic carbocycles. The first-order chi connectivity index (χ1) is 7.02. The minimum atomic E-state index is -0.131. The number of nitrogens with zero attached hydrogens (tertiary/aromatic N) is 1. The fourth-order valence-electron chi connectivity index (χ4n) is 2.52. The van der Waals surface area contributed by atoms with E-state index in [0.29, 0.717) is 6.04 Å². The molecule has 1 fully saturated rings. The van der Waals surface area contributed by atoms with E-state index in [1.54, 1.807) is 0 Å². The van der Waals surface area contributed by atoms with Crippen molar-refractivity contribution in [1.82, 2.24) is 4.90 Å². The average molecular weight is 215 g/mol. The van der Waals surface area contributed by atoms with E-state index in [9.17, 15) is 5.11 Å². The van der Waals surface area contributed by atoms with Gasteiger partial charge >= 0.3 is 0 Å². The van der Waals surface area contributed by atoms with Crippen LogP contribution in [0.5, 0.6) is 0 Å². The van der Waals surface area contributed by atoms with Gasteiger partial charge in [0, 0.05) is 19.1 Å². The molecule has 1 heterocycles. The highest BCUT2D eigenvalue weighted by Gasteiger charge is 2.35. The van der Waals surface area contributed by atoms with E-state index < -0.39 is 0 Å². The van der Waals surface area contributed by atoms with Gasteiger partial charge in [0.1, 0.15) is 0 Å². The van der Waals surface area contributed by atoms with Gasteiger partial charge in [-0.1, -0.05) is 13.8 Å². The number of hydrogen-bond donors (Lipinski definition) is 1. The molecule has 0 bridgehead atoms. The van der Waals surface area contributed by atoms with Crippen molar-refractivity contribution < 1.29 is 9.84 Å². The Bertz CT molecular complexity index is 190. The third kappa shape index (κ3) is 3.44. The van der Waals surface area contributed by atoms with Crippen LogP contribution >= 0.6 is 0 Å². The van der Waals surface area contributed by atoms with Gasteiger partial charge in [-0.25, -0.2) is 0 Å². The summed E-state index contributed by atoms with van der Waals surface area (Å²) < 4.78 is 5.80. The van der Waals surface area contributed by atoms with Crippen molar-refractivity contribution in [3.63, 3.8) is 0 Å². The number of hydrogen-bond acceptors (Lipinski definition) is 3. The van der Waals surface area contributed by atoms with Gasteiger partial charge in [-0.05, 0) is 26.7 Å². The molecule has 3 nitrogen and oxygen atoms in total. The number of ether oxygens (including phenoxy) is 1. The molecule has 1 N–H and O–H groups in total. The SMILES string of the molecule is CCC(CC)N1CC(CO)OC(C)(C)C1. The summed E-state index contributed by atoms with van der Waals surface area (Å²) in [5, 5.41) is 9.22. The van der Waals surface area contributed by atoms with E-state index in [0.717, 1.165) is 13.1 Å². The molecule has 1 saturated heterocycles. The van der Waals surface area contributed by atoms with Crippen LogP contribution in [-0.4, -0.2) is 47.4 Å².